The molecule has 0 aliphatic carbocycles. The number of hydrogen-bond acceptors (Lipinski definition) is 3. The minimum atomic E-state index is -0.211. The number of hydrogen-bond donors (Lipinski definition) is 1. The Morgan fingerprint density at radius 1 is 1.12 bits per heavy atom. The maximum atomic E-state index is 12.6. The highest BCUT2D eigenvalue weighted by molar-refractivity contribution is 7.10. The van der Waals surface area contributed by atoms with E-state index in [1.807, 2.05) is 22.4 Å². The van der Waals surface area contributed by atoms with Crippen molar-refractivity contribution >= 4 is 34.9 Å². The molecule has 0 unspecified atom stereocenters. The average Bonchev–Trinajstić information content (AvgIpc) is 3.13. The third-order valence-electron chi connectivity index (χ3n) is 3.59. The monoisotopic (exact) mass is 356 g/mol. The number of carbonyl (C=O) groups excluding carboxylic acids is 2. The van der Waals surface area contributed by atoms with Gasteiger partial charge in [-0.25, -0.2) is 0 Å². The first-order valence-corrected chi connectivity index (χ1v) is 9.44. The fourth-order valence-electron chi connectivity index (χ4n) is 2.50. The van der Waals surface area contributed by atoms with Crippen LogP contribution in [0.3, 0.4) is 0 Å². The molecule has 5 heteroatoms. The van der Waals surface area contributed by atoms with Crippen molar-refractivity contribution in [2.24, 2.45) is 0 Å². The van der Waals surface area contributed by atoms with Crippen LogP contribution in [0, 0.1) is 0 Å². The van der Waals surface area contributed by atoms with Gasteiger partial charge < -0.3 is 10.2 Å². The summed E-state index contributed by atoms with van der Waals surface area (Å²) in [6.45, 7) is 5.61. The Balaban J connectivity index is 2.04. The Morgan fingerprint density at radius 3 is 2.52 bits per heavy atom. The minimum absolute atomic E-state index is 0.00827. The SMILES string of the molecule is CCCN(CCC)C(=O)c1cccc(NC(=O)/C=C/c2cccs2)c1. The third-order valence-corrected chi connectivity index (χ3v) is 4.43. The maximum Gasteiger partial charge on any atom is 0.253 e. The fourth-order valence-corrected chi connectivity index (χ4v) is 3.11. The first-order valence-electron chi connectivity index (χ1n) is 8.56. The number of thiophene rings is 1. The zero-order chi connectivity index (χ0) is 18.1. The van der Waals surface area contributed by atoms with E-state index >= 15 is 0 Å². The van der Waals surface area contributed by atoms with Gasteiger partial charge in [-0.05, 0) is 48.6 Å². The molecule has 1 aromatic heterocycles. The summed E-state index contributed by atoms with van der Waals surface area (Å²) in [5.41, 5.74) is 1.22. The lowest BCUT2D eigenvalue weighted by atomic mass is 10.1. The van der Waals surface area contributed by atoms with Crippen LogP contribution in [-0.2, 0) is 4.79 Å². The van der Waals surface area contributed by atoms with Gasteiger partial charge in [-0.3, -0.25) is 9.59 Å². The molecular weight excluding hydrogens is 332 g/mol. The molecule has 0 bridgehead atoms. The molecule has 0 aliphatic rings. The highest BCUT2D eigenvalue weighted by Gasteiger charge is 2.14. The zero-order valence-electron chi connectivity index (χ0n) is 14.7. The van der Waals surface area contributed by atoms with Crippen molar-refractivity contribution in [2.45, 2.75) is 26.7 Å². The zero-order valence-corrected chi connectivity index (χ0v) is 15.5. The van der Waals surface area contributed by atoms with E-state index in [4.69, 9.17) is 0 Å². The standard InChI is InChI=1S/C20H24N2O2S/c1-3-12-22(13-4-2)20(24)16-7-5-8-17(15-16)21-19(23)11-10-18-9-6-14-25-18/h5-11,14-15H,3-4,12-13H2,1-2H3,(H,21,23)/b11-10+. The highest BCUT2D eigenvalue weighted by atomic mass is 32.1. The minimum Gasteiger partial charge on any atom is -0.339 e. The summed E-state index contributed by atoms with van der Waals surface area (Å²) in [6.07, 6.45) is 5.13. The van der Waals surface area contributed by atoms with Gasteiger partial charge in [0.05, 0.1) is 0 Å². The number of benzene rings is 1. The Hall–Kier alpha value is -2.40. The molecule has 0 saturated carbocycles. The van der Waals surface area contributed by atoms with Crippen molar-refractivity contribution < 1.29 is 9.59 Å². The quantitative estimate of drug-likeness (QED) is 0.699. The molecule has 2 aromatic rings. The van der Waals surface area contributed by atoms with E-state index in [0.717, 1.165) is 30.8 Å². The smallest absolute Gasteiger partial charge is 0.253 e. The predicted molar refractivity (Wildman–Crippen MR) is 105 cm³/mol. The Labute approximate surface area is 153 Å². The topological polar surface area (TPSA) is 49.4 Å². The summed E-state index contributed by atoms with van der Waals surface area (Å²) in [4.78, 5) is 27.6. The molecule has 0 radical (unpaired) electrons. The summed E-state index contributed by atoms with van der Waals surface area (Å²) < 4.78 is 0. The molecule has 0 spiro atoms. The molecule has 1 aromatic carbocycles. The fraction of sp³-hybridized carbons (Fsp3) is 0.300. The van der Waals surface area contributed by atoms with Crippen LogP contribution in [0.15, 0.2) is 47.9 Å². The van der Waals surface area contributed by atoms with Gasteiger partial charge in [-0.2, -0.15) is 0 Å². The molecule has 1 N–H and O–H groups in total. The number of nitrogens with one attached hydrogen (secondary N) is 1. The Morgan fingerprint density at radius 2 is 1.88 bits per heavy atom. The van der Waals surface area contributed by atoms with E-state index in [1.165, 1.54) is 6.08 Å². The Bertz CT molecular complexity index is 717. The van der Waals surface area contributed by atoms with E-state index in [1.54, 1.807) is 41.7 Å². The summed E-state index contributed by atoms with van der Waals surface area (Å²) in [6, 6.07) is 11.0. The highest BCUT2D eigenvalue weighted by Crippen LogP contribution is 2.14. The van der Waals surface area contributed by atoms with Gasteiger partial charge in [0, 0.05) is 35.3 Å². The molecule has 0 fully saturated rings. The second-order valence-electron chi connectivity index (χ2n) is 5.71. The number of carbonyl (C=O) groups is 2. The molecule has 0 atom stereocenters. The molecule has 2 rings (SSSR count). The lowest BCUT2D eigenvalue weighted by Gasteiger charge is -2.21. The van der Waals surface area contributed by atoms with Crippen LogP contribution >= 0.6 is 11.3 Å². The van der Waals surface area contributed by atoms with Gasteiger partial charge >= 0.3 is 0 Å². The summed E-state index contributed by atoms with van der Waals surface area (Å²) >= 11 is 1.57. The Kier molecular flexibility index (Phi) is 7.41. The molecule has 0 saturated heterocycles. The van der Waals surface area contributed by atoms with E-state index < -0.39 is 0 Å². The van der Waals surface area contributed by atoms with Crippen molar-refractivity contribution in [3.05, 3.63) is 58.3 Å². The van der Waals surface area contributed by atoms with Crippen molar-refractivity contribution in [3.63, 3.8) is 0 Å². The van der Waals surface area contributed by atoms with Gasteiger partial charge in [0.25, 0.3) is 5.91 Å². The van der Waals surface area contributed by atoms with Crippen LogP contribution in [0.4, 0.5) is 5.69 Å². The van der Waals surface area contributed by atoms with Crippen LogP contribution in [-0.4, -0.2) is 29.8 Å². The van der Waals surface area contributed by atoms with E-state index in [2.05, 4.69) is 19.2 Å². The molecule has 4 nitrogen and oxygen atoms in total. The van der Waals surface area contributed by atoms with Crippen LogP contribution in [0.2, 0.25) is 0 Å². The third kappa shape index (κ3) is 5.87. The van der Waals surface area contributed by atoms with E-state index in [-0.39, 0.29) is 11.8 Å². The van der Waals surface area contributed by atoms with Gasteiger partial charge in [-0.1, -0.05) is 26.0 Å². The lowest BCUT2D eigenvalue weighted by Crippen LogP contribution is -2.32. The average molecular weight is 356 g/mol. The second-order valence-corrected chi connectivity index (χ2v) is 6.69. The number of rotatable bonds is 8. The second kappa shape index (κ2) is 9.79. The first kappa shape index (κ1) is 18.9. The van der Waals surface area contributed by atoms with Crippen molar-refractivity contribution in [2.75, 3.05) is 18.4 Å². The van der Waals surface area contributed by atoms with Gasteiger partial charge in [0.1, 0.15) is 0 Å². The summed E-state index contributed by atoms with van der Waals surface area (Å²) in [7, 11) is 0. The number of anilines is 1. The van der Waals surface area contributed by atoms with Gasteiger partial charge in [-0.15, -0.1) is 11.3 Å². The van der Waals surface area contributed by atoms with Crippen LogP contribution < -0.4 is 5.32 Å². The predicted octanol–water partition coefficient (Wildman–Crippen LogP) is 4.66. The molecule has 132 valence electrons. The van der Waals surface area contributed by atoms with Crippen molar-refractivity contribution in [1.82, 2.24) is 4.90 Å². The largest absolute Gasteiger partial charge is 0.339 e. The normalized spacial score (nSPS) is 10.8. The molecule has 1 heterocycles. The first-order chi connectivity index (χ1) is 12.1. The van der Waals surface area contributed by atoms with Gasteiger partial charge in [0.2, 0.25) is 5.91 Å². The lowest BCUT2D eigenvalue weighted by molar-refractivity contribution is -0.111. The molecular formula is C20H24N2O2S. The summed E-state index contributed by atoms with van der Waals surface area (Å²) in [5.74, 6) is -0.203. The summed E-state index contributed by atoms with van der Waals surface area (Å²) in [5, 5.41) is 4.77. The van der Waals surface area contributed by atoms with Crippen LogP contribution in [0.5, 0.6) is 0 Å². The number of nitrogens with zero attached hydrogens (tertiary/aromatic N) is 1. The van der Waals surface area contributed by atoms with Crippen LogP contribution in [0.25, 0.3) is 6.08 Å². The van der Waals surface area contributed by atoms with E-state index in [9.17, 15) is 9.59 Å². The number of amides is 2. The molecule has 0 aliphatic heterocycles. The van der Waals surface area contributed by atoms with Crippen molar-refractivity contribution in [1.29, 1.82) is 0 Å². The van der Waals surface area contributed by atoms with Gasteiger partial charge in [0.15, 0.2) is 0 Å². The molecule has 2 amide bonds. The maximum absolute atomic E-state index is 12.6. The van der Waals surface area contributed by atoms with Crippen molar-refractivity contribution in [3.8, 4) is 0 Å². The molecule has 25 heavy (non-hydrogen) atoms. The van der Waals surface area contributed by atoms with Crippen LogP contribution in [0.1, 0.15) is 41.9 Å². The van der Waals surface area contributed by atoms with E-state index in [0.29, 0.717) is 11.3 Å².